The average Bonchev–Trinajstić information content (AvgIpc) is 2.55. The molecule has 0 saturated carbocycles. The van der Waals surface area contributed by atoms with E-state index in [0.717, 1.165) is 5.56 Å². The van der Waals surface area contributed by atoms with Crippen LogP contribution in [0.25, 0.3) is 0 Å². The predicted octanol–water partition coefficient (Wildman–Crippen LogP) is 4.13. The van der Waals surface area contributed by atoms with Crippen molar-refractivity contribution in [2.24, 2.45) is 0 Å². The van der Waals surface area contributed by atoms with Crippen molar-refractivity contribution < 1.29 is 4.79 Å². The summed E-state index contributed by atoms with van der Waals surface area (Å²) in [6.45, 7) is 0.474. The molecule has 0 spiro atoms. The quantitative estimate of drug-likeness (QED) is 0.632. The Balaban J connectivity index is 1.98. The summed E-state index contributed by atoms with van der Waals surface area (Å²) in [6.07, 6.45) is 1.38. The van der Waals surface area contributed by atoms with Crippen molar-refractivity contribution in [1.29, 1.82) is 5.26 Å². The molecule has 0 fully saturated rings. The van der Waals surface area contributed by atoms with E-state index in [1.165, 1.54) is 6.20 Å². The Kier molecular flexibility index (Phi) is 6.04. The van der Waals surface area contributed by atoms with Crippen LogP contribution in [0.2, 0.25) is 10.0 Å². The number of hydrogen-bond acceptors (Lipinski definition) is 3. The maximum absolute atomic E-state index is 12.1. The van der Waals surface area contributed by atoms with Crippen LogP contribution in [0.5, 0.6) is 0 Å². The number of para-hydroxylation sites is 1. The molecular formula is C17H13Cl2N3O. The number of amides is 1. The number of hydrogen-bond donors (Lipinski definition) is 2. The van der Waals surface area contributed by atoms with Crippen molar-refractivity contribution in [3.8, 4) is 6.07 Å². The number of carbonyl (C=O) groups is 1. The third kappa shape index (κ3) is 5.03. The van der Waals surface area contributed by atoms with Gasteiger partial charge in [0.15, 0.2) is 0 Å². The van der Waals surface area contributed by atoms with Gasteiger partial charge in [-0.25, -0.2) is 0 Å². The molecule has 0 aliphatic rings. The molecule has 2 aromatic rings. The molecule has 0 aliphatic heterocycles. The second-order valence-electron chi connectivity index (χ2n) is 4.61. The lowest BCUT2D eigenvalue weighted by atomic mass is 10.2. The summed E-state index contributed by atoms with van der Waals surface area (Å²) >= 11 is 11.8. The molecule has 0 aliphatic carbocycles. The number of benzene rings is 2. The summed E-state index contributed by atoms with van der Waals surface area (Å²) in [4.78, 5) is 12.1. The molecular weight excluding hydrogens is 333 g/mol. The summed E-state index contributed by atoms with van der Waals surface area (Å²) in [6, 6.07) is 16.0. The van der Waals surface area contributed by atoms with Crippen LogP contribution in [0, 0.1) is 11.3 Å². The van der Waals surface area contributed by atoms with Gasteiger partial charge in [0, 0.05) is 17.8 Å². The van der Waals surface area contributed by atoms with Crippen molar-refractivity contribution in [1.82, 2.24) is 5.32 Å². The first kappa shape index (κ1) is 16.9. The van der Waals surface area contributed by atoms with E-state index in [0.29, 0.717) is 22.3 Å². The smallest absolute Gasteiger partial charge is 0.267 e. The highest BCUT2D eigenvalue weighted by molar-refractivity contribution is 6.34. The minimum absolute atomic E-state index is 0.0427. The molecule has 4 nitrogen and oxygen atoms in total. The molecule has 0 atom stereocenters. The largest absolute Gasteiger partial charge is 0.386 e. The van der Waals surface area contributed by atoms with Crippen LogP contribution in [-0.4, -0.2) is 5.91 Å². The average molecular weight is 346 g/mol. The third-order valence-corrected chi connectivity index (χ3v) is 3.53. The van der Waals surface area contributed by atoms with E-state index in [1.807, 2.05) is 18.2 Å². The minimum Gasteiger partial charge on any atom is -0.386 e. The van der Waals surface area contributed by atoms with Crippen LogP contribution in [0.3, 0.4) is 0 Å². The van der Waals surface area contributed by atoms with Gasteiger partial charge < -0.3 is 10.6 Å². The monoisotopic (exact) mass is 345 g/mol. The van der Waals surface area contributed by atoms with Gasteiger partial charge in [0.25, 0.3) is 5.91 Å². The molecule has 6 heteroatoms. The van der Waals surface area contributed by atoms with Gasteiger partial charge in [-0.1, -0.05) is 47.5 Å². The van der Waals surface area contributed by atoms with Crippen LogP contribution in [0.1, 0.15) is 5.56 Å². The maximum atomic E-state index is 12.1. The van der Waals surface area contributed by atoms with Crippen molar-refractivity contribution in [3.05, 3.63) is 75.9 Å². The Morgan fingerprint density at radius 1 is 1.13 bits per heavy atom. The predicted molar refractivity (Wildman–Crippen MR) is 92.1 cm³/mol. The first-order valence-electron chi connectivity index (χ1n) is 6.74. The number of nitrogens with zero attached hydrogens (tertiary/aromatic N) is 1. The minimum atomic E-state index is -0.524. The molecule has 0 heterocycles. The summed E-state index contributed by atoms with van der Waals surface area (Å²) in [5.41, 5.74) is 1.39. The summed E-state index contributed by atoms with van der Waals surface area (Å²) in [5.74, 6) is -0.524. The fourth-order valence-corrected chi connectivity index (χ4v) is 2.08. The van der Waals surface area contributed by atoms with Gasteiger partial charge in [-0.2, -0.15) is 5.26 Å². The molecule has 0 radical (unpaired) electrons. The van der Waals surface area contributed by atoms with E-state index in [-0.39, 0.29) is 5.57 Å². The lowest BCUT2D eigenvalue weighted by Crippen LogP contribution is -2.16. The highest BCUT2D eigenvalue weighted by Gasteiger charge is 2.10. The molecule has 0 aromatic heterocycles. The Morgan fingerprint density at radius 2 is 1.83 bits per heavy atom. The number of rotatable bonds is 5. The third-order valence-electron chi connectivity index (χ3n) is 2.95. The molecule has 2 N–H and O–H groups in total. The number of carbonyl (C=O) groups excluding carboxylic acids is 1. The van der Waals surface area contributed by atoms with Crippen molar-refractivity contribution in [2.45, 2.75) is 6.54 Å². The van der Waals surface area contributed by atoms with Gasteiger partial charge in [0.2, 0.25) is 0 Å². The molecule has 2 aromatic carbocycles. The van der Waals surface area contributed by atoms with Crippen LogP contribution >= 0.6 is 23.2 Å². The Labute approximate surface area is 144 Å². The van der Waals surface area contributed by atoms with E-state index in [9.17, 15) is 4.79 Å². The number of anilines is 1. The maximum Gasteiger partial charge on any atom is 0.267 e. The van der Waals surface area contributed by atoms with Crippen LogP contribution in [0.15, 0.2) is 60.3 Å². The molecule has 0 bridgehead atoms. The number of nitrogens with one attached hydrogen (secondary N) is 2. The van der Waals surface area contributed by atoms with Gasteiger partial charge in [0.1, 0.15) is 11.6 Å². The summed E-state index contributed by atoms with van der Waals surface area (Å²) in [7, 11) is 0. The standard InChI is InChI=1S/C17H13Cl2N3O/c18-14-7-5-12(6-8-14)10-21-11-13(9-20)17(23)22-16-4-2-1-3-15(16)19/h1-8,11,21H,10H2,(H,22,23)/b13-11-. The zero-order chi connectivity index (χ0) is 16.7. The zero-order valence-corrected chi connectivity index (χ0v) is 13.5. The number of halogens is 2. The Bertz CT molecular complexity index is 764. The molecule has 116 valence electrons. The van der Waals surface area contributed by atoms with Gasteiger partial charge in [0.05, 0.1) is 10.7 Å². The zero-order valence-electron chi connectivity index (χ0n) is 12.0. The molecule has 2 rings (SSSR count). The first-order chi connectivity index (χ1) is 11.1. The molecule has 23 heavy (non-hydrogen) atoms. The second-order valence-corrected chi connectivity index (χ2v) is 5.45. The number of nitriles is 1. The summed E-state index contributed by atoms with van der Waals surface area (Å²) in [5, 5.41) is 15.7. The van der Waals surface area contributed by atoms with E-state index >= 15 is 0 Å². The fourth-order valence-electron chi connectivity index (χ4n) is 1.77. The lowest BCUT2D eigenvalue weighted by Gasteiger charge is -2.06. The van der Waals surface area contributed by atoms with Crippen LogP contribution < -0.4 is 10.6 Å². The second kappa shape index (κ2) is 8.23. The SMILES string of the molecule is N#C/C(=C/NCc1ccc(Cl)cc1)C(=O)Nc1ccccc1Cl. The van der Waals surface area contributed by atoms with Gasteiger partial charge >= 0.3 is 0 Å². The van der Waals surface area contributed by atoms with E-state index < -0.39 is 5.91 Å². The molecule has 0 unspecified atom stereocenters. The van der Waals surface area contributed by atoms with Gasteiger partial charge in [-0.15, -0.1) is 0 Å². The molecule has 1 amide bonds. The topological polar surface area (TPSA) is 64.9 Å². The fraction of sp³-hybridized carbons (Fsp3) is 0.0588. The first-order valence-corrected chi connectivity index (χ1v) is 7.49. The van der Waals surface area contributed by atoms with E-state index in [2.05, 4.69) is 10.6 Å². The highest BCUT2D eigenvalue weighted by Crippen LogP contribution is 2.20. The van der Waals surface area contributed by atoms with Crippen molar-refractivity contribution in [2.75, 3.05) is 5.32 Å². The summed E-state index contributed by atoms with van der Waals surface area (Å²) < 4.78 is 0. The van der Waals surface area contributed by atoms with Gasteiger partial charge in [-0.05, 0) is 29.8 Å². The Hall–Kier alpha value is -2.48. The highest BCUT2D eigenvalue weighted by atomic mass is 35.5. The normalized spacial score (nSPS) is 10.7. The van der Waals surface area contributed by atoms with Crippen LogP contribution in [0.4, 0.5) is 5.69 Å². The lowest BCUT2D eigenvalue weighted by molar-refractivity contribution is -0.112. The molecule has 0 saturated heterocycles. The van der Waals surface area contributed by atoms with Crippen LogP contribution in [-0.2, 0) is 11.3 Å². The van der Waals surface area contributed by atoms with Crippen molar-refractivity contribution >= 4 is 34.8 Å². The Morgan fingerprint density at radius 3 is 2.48 bits per heavy atom. The van der Waals surface area contributed by atoms with Gasteiger partial charge in [-0.3, -0.25) is 4.79 Å². The van der Waals surface area contributed by atoms with E-state index in [1.54, 1.807) is 36.4 Å². The van der Waals surface area contributed by atoms with Crippen molar-refractivity contribution in [3.63, 3.8) is 0 Å². The van der Waals surface area contributed by atoms with E-state index in [4.69, 9.17) is 28.5 Å².